The van der Waals surface area contributed by atoms with Crippen LogP contribution in [0.4, 0.5) is 5.69 Å². The molecule has 2 heterocycles. The number of methoxy groups -OCH3 is 1. The van der Waals surface area contributed by atoms with Gasteiger partial charge in [-0.05, 0) is 68.5 Å². The van der Waals surface area contributed by atoms with Gasteiger partial charge < -0.3 is 25.0 Å². The molecular weight excluding hydrogens is 390 g/mol. The van der Waals surface area contributed by atoms with Crippen molar-refractivity contribution in [1.82, 2.24) is 0 Å². The van der Waals surface area contributed by atoms with Crippen molar-refractivity contribution in [2.75, 3.05) is 19.0 Å². The number of hydrogen-bond acceptors (Lipinski definition) is 5. The largest absolute Gasteiger partial charge is 0.504 e. The molecule has 5 heteroatoms. The van der Waals surface area contributed by atoms with Crippen molar-refractivity contribution >= 4 is 11.3 Å². The van der Waals surface area contributed by atoms with Gasteiger partial charge >= 0.3 is 0 Å². The lowest BCUT2D eigenvalue weighted by molar-refractivity contribution is 0.186. The van der Waals surface area contributed by atoms with Gasteiger partial charge in [-0.1, -0.05) is 18.2 Å². The number of phenols is 1. The smallest absolute Gasteiger partial charge is 0.172 e. The van der Waals surface area contributed by atoms with Gasteiger partial charge in [-0.2, -0.15) is 0 Å². The Labute approximate surface area is 183 Å². The maximum atomic E-state index is 10.5. The number of rotatable bonds is 3. The van der Waals surface area contributed by atoms with Crippen molar-refractivity contribution < 1.29 is 19.7 Å². The number of anilines is 1. The van der Waals surface area contributed by atoms with Gasteiger partial charge in [0.05, 0.1) is 24.8 Å². The minimum absolute atomic E-state index is 0.0899. The predicted molar refractivity (Wildman–Crippen MR) is 123 cm³/mol. The summed E-state index contributed by atoms with van der Waals surface area (Å²) in [6.07, 6.45) is 6.24. The van der Waals surface area contributed by atoms with Gasteiger partial charge in [0.25, 0.3) is 0 Å². The highest BCUT2D eigenvalue weighted by atomic mass is 16.5. The fraction of sp³-hybridized carbons (Fsp3) is 0.385. The van der Waals surface area contributed by atoms with E-state index in [1.807, 2.05) is 0 Å². The standard InChI is InChI=1S/C26H29NO4/c1-15-21-17-13-31-20-10-9-19(29)23(30-4)22(20)16(17)7-8-18(21)27-25(2,3)24(15)26(14-28)11-5-6-12-26/h5,7-11,27-29H,6,12-14H2,1-4H3. The van der Waals surface area contributed by atoms with E-state index in [9.17, 15) is 10.2 Å². The Morgan fingerprint density at radius 1 is 1.16 bits per heavy atom. The predicted octanol–water partition coefficient (Wildman–Crippen LogP) is 5.27. The summed E-state index contributed by atoms with van der Waals surface area (Å²) in [5.74, 6) is 1.23. The third kappa shape index (κ3) is 2.72. The van der Waals surface area contributed by atoms with E-state index >= 15 is 0 Å². The van der Waals surface area contributed by atoms with Crippen LogP contribution in [0.1, 0.15) is 44.7 Å². The topological polar surface area (TPSA) is 71.0 Å². The maximum absolute atomic E-state index is 10.5. The highest BCUT2D eigenvalue weighted by Crippen LogP contribution is 2.55. The van der Waals surface area contributed by atoms with Crippen molar-refractivity contribution in [2.45, 2.75) is 45.8 Å². The Morgan fingerprint density at radius 3 is 2.65 bits per heavy atom. The molecule has 0 saturated heterocycles. The van der Waals surface area contributed by atoms with E-state index in [0.717, 1.165) is 40.8 Å². The van der Waals surface area contributed by atoms with E-state index in [1.165, 1.54) is 11.1 Å². The average molecular weight is 420 g/mol. The molecule has 3 N–H and O–H groups in total. The Hall–Kier alpha value is -2.92. The molecule has 2 aromatic rings. The first-order valence-corrected chi connectivity index (χ1v) is 10.8. The maximum Gasteiger partial charge on any atom is 0.172 e. The normalized spacial score (nSPS) is 22.9. The Morgan fingerprint density at radius 2 is 1.97 bits per heavy atom. The molecule has 1 unspecified atom stereocenters. The SMILES string of the molecule is COc1c(O)ccc2c1-c1ccc3c(c1CO2)C(C)=C(C1(CO)C=CCC1)C(C)(C)N3. The number of aliphatic hydroxyl groups is 1. The van der Waals surface area contributed by atoms with Gasteiger partial charge in [-0.3, -0.25) is 0 Å². The van der Waals surface area contributed by atoms with Gasteiger partial charge in [0.15, 0.2) is 11.5 Å². The molecular formula is C26H29NO4. The molecule has 0 amide bonds. The van der Waals surface area contributed by atoms with Crippen molar-refractivity contribution in [1.29, 1.82) is 0 Å². The van der Waals surface area contributed by atoms with Crippen LogP contribution < -0.4 is 14.8 Å². The van der Waals surface area contributed by atoms with Crippen molar-refractivity contribution in [2.24, 2.45) is 5.41 Å². The lowest BCUT2D eigenvalue weighted by Gasteiger charge is -2.46. The van der Waals surface area contributed by atoms with Crippen LogP contribution >= 0.6 is 0 Å². The summed E-state index contributed by atoms with van der Waals surface area (Å²) in [4.78, 5) is 0. The number of nitrogens with one attached hydrogen (secondary N) is 1. The summed E-state index contributed by atoms with van der Waals surface area (Å²) in [6.45, 7) is 7.06. The van der Waals surface area contributed by atoms with E-state index < -0.39 is 0 Å². The van der Waals surface area contributed by atoms with Crippen LogP contribution in [-0.4, -0.2) is 29.5 Å². The van der Waals surface area contributed by atoms with Crippen LogP contribution in [0.25, 0.3) is 16.7 Å². The Bertz CT molecular complexity index is 1140. The fourth-order valence-electron chi connectivity index (χ4n) is 5.99. The zero-order chi connectivity index (χ0) is 22.0. The number of aromatic hydroxyl groups is 1. The molecule has 1 aliphatic carbocycles. The number of phenolic OH excluding ortho intramolecular Hbond substituents is 1. The third-order valence-corrected chi connectivity index (χ3v) is 7.05. The highest BCUT2D eigenvalue weighted by molar-refractivity contribution is 5.93. The second-order valence-corrected chi connectivity index (χ2v) is 9.30. The van der Waals surface area contributed by atoms with E-state index in [1.54, 1.807) is 19.2 Å². The van der Waals surface area contributed by atoms with Crippen LogP contribution in [-0.2, 0) is 6.61 Å². The lowest BCUT2D eigenvalue weighted by Crippen LogP contribution is -2.45. The van der Waals surface area contributed by atoms with Crippen molar-refractivity contribution in [3.8, 4) is 28.4 Å². The van der Waals surface area contributed by atoms with Crippen LogP contribution in [0.15, 0.2) is 42.0 Å². The zero-order valence-electron chi connectivity index (χ0n) is 18.5. The van der Waals surface area contributed by atoms with Crippen molar-refractivity contribution in [3.05, 3.63) is 53.1 Å². The number of benzene rings is 2. The summed E-state index contributed by atoms with van der Waals surface area (Å²) in [5, 5.41) is 24.5. The van der Waals surface area contributed by atoms with E-state index in [4.69, 9.17) is 9.47 Å². The molecule has 3 aliphatic rings. The Balaban J connectivity index is 1.79. The molecule has 0 spiro atoms. The third-order valence-electron chi connectivity index (χ3n) is 7.05. The number of allylic oxidation sites excluding steroid dienone is 2. The molecule has 1 atom stereocenters. The average Bonchev–Trinajstić information content (AvgIpc) is 3.22. The molecule has 2 aromatic carbocycles. The number of hydrogen-bond donors (Lipinski definition) is 3. The lowest BCUT2D eigenvalue weighted by atomic mass is 9.66. The summed E-state index contributed by atoms with van der Waals surface area (Å²) in [5.41, 5.74) is 6.80. The molecule has 5 rings (SSSR count). The van der Waals surface area contributed by atoms with E-state index in [-0.39, 0.29) is 23.3 Å². The fourth-order valence-corrected chi connectivity index (χ4v) is 5.99. The second-order valence-electron chi connectivity index (χ2n) is 9.30. The quantitative estimate of drug-likeness (QED) is 0.592. The van der Waals surface area contributed by atoms with Gasteiger partial charge in [-0.25, -0.2) is 0 Å². The minimum atomic E-state index is -0.357. The summed E-state index contributed by atoms with van der Waals surface area (Å²) >= 11 is 0. The zero-order valence-corrected chi connectivity index (χ0v) is 18.5. The van der Waals surface area contributed by atoms with E-state index in [2.05, 4.69) is 50.4 Å². The molecule has 0 aromatic heterocycles. The van der Waals surface area contributed by atoms with Gasteiger partial charge in [0, 0.05) is 22.2 Å². The minimum Gasteiger partial charge on any atom is -0.504 e. The molecule has 2 aliphatic heterocycles. The highest BCUT2D eigenvalue weighted by Gasteiger charge is 2.45. The van der Waals surface area contributed by atoms with Crippen molar-refractivity contribution in [3.63, 3.8) is 0 Å². The molecule has 31 heavy (non-hydrogen) atoms. The van der Waals surface area contributed by atoms with Gasteiger partial charge in [-0.15, -0.1) is 0 Å². The second kappa shape index (κ2) is 6.79. The van der Waals surface area contributed by atoms with Gasteiger partial charge in [0.2, 0.25) is 0 Å². The summed E-state index contributed by atoms with van der Waals surface area (Å²) < 4.78 is 11.7. The molecule has 5 nitrogen and oxygen atoms in total. The van der Waals surface area contributed by atoms with Crippen LogP contribution in [0.2, 0.25) is 0 Å². The number of ether oxygens (including phenoxy) is 2. The van der Waals surface area contributed by atoms with Gasteiger partial charge in [0.1, 0.15) is 12.4 Å². The summed E-state index contributed by atoms with van der Waals surface area (Å²) in [6, 6.07) is 7.57. The molecule has 162 valence electrons. The Kier molecular flexibility index (Phi) is 4.38. The molecule has 0 radical (unpaired) electrons. The molecule has 0 bridgehead atoms. The number of aliphatic hydroxyl groups excluding tert-OH is 1. The first-order chi connectivity index (χ1) is 14.8. The number of fused-ring (bicyclic) bond motifs is 5. The molecule has 0 fully saturated rings. The van der Waals surface area contributed by atoms with Crippen LogP contribution in [0.5, 0.6) is 17.2 Å². The first kappa shape index (κ1) is 20.0. The summed E-state index contributed by atoms with van der Waals surface area (Å²) in [7, 11) is 1.56. The monoisotopic (exact) mass is 419 g/mol. The first-order valence-electron chi connectivity index (χ1n) is 10.8. The van der Waals surface area contributed by atoms with E-state index in [0.29, 0.717) is 18.1 Å². The van der Waals surface area contributed by atoms with Crippen LogP contribution in [0, 0.1) is 5.41 Å². The van der Waals surface area contributed by atoms with Crippen LogP contribution in [0.3, 0.4) is 0 Å². The molecule has 0 saturated carbocycles.